The van der Waals surface area contributed by atoms with Gasteiger partial charge in [0.05, 0.1) is 10.6 Å². The molecular formula is C5H6ClNOS. The summed E-state index contributed by atoms with van der Waals surface area (Å²) in [7, 11) is 0. The number of nitrogen functional groups attached to an aromatic ring is 1. The Hall–Kier alpha value is -0.540. The van der Waals surface area contributed by atoms with Gasteiger partial charge in [0.25, 0.3) is 0 Å². The standard InChI is InChI=1S/C5H5NOS.ClH/c6-4-1-2-8-5(4)3-7;/h1-3H,6H2;1H. The van der Waals surface area contributed by atoms with Crippen LogP contribution in [0, 0.1) is 0 Å². The van der Waals surface area contributed by atoms with Crippen LogP contribution in [0.3, 0.4) is 0 Å². The number of carbonyl (C=O) groups excluding carboxylic acids is 1. The predicted molar refractivity (Wildman–Crippen MR) is 41.4 cm³/mol. The lowest BCUT2D eigenvalue weighted by Gasteiger charge is -1.80. The first-order valence-electron chi connectivity index (χ1n) is 2.12. The van der Waals surface area contributed by atoms with Gasteiger partial charge in [-0.05, 0) is 11.4 Å². The van der Waals surface area contributed by atoms with Crippen LogP contribution in [0.15, 0.2) is 11.4 Å². The highest BCUT2D eigenvalue weighted by Crippen LogP contribution is 2.14. The summed E-state index contributed by atoms with van der Waals surface area (Å²) in [6, 6.07) is 1.72. The van der Waals surface area contributed by atoms with Crippen LogP contribution < -0.4 is 5.73 Å². The van der Waals surface area contributed by atoms with E-state index < -0.39 is 0 Å². The van der Waals surface area contributed by atoms with Gasteiger partial charge in [0.15, 0.2) is 6.29 Å². The summed E-state index contributed by atoms with van der Waals surface area (Å²) in [5, 5.41) is 1.79. The summed E-state index contributed by atoms with van der Waals surface area (Å²) < 4.78 is 0. The van der Waals surface area contributed by atoms with Gasteiger partial charge in [-0.3, -0.25) is 4.79 Å². The fourth-order valence-corrected chi connectivity index (χ4v) is 1.05. The van der Waals surface area contributed by atoms with Crippen molar-refractivity contribution in [2.24, 2.45) is 0 Å². The third-order valence-corrected chi connectivity index (χ3v) is 1.69. The van der Waals surface area contributed by atoms with Crippen LogP contribution in [0.25, 0.3) is 0 Å². The highest BCUT2D eigenvalue weighted by Gasteiger charge is 1.94. The van der Waals surface area contributed by atoms with E-state index in [1.54, 1.807) is 11.4 Å². The summed E-state index contributed by atoms with van der Waals surface area (Å²) in [6.45, 7) is 0. The van der Waals surface area contributed by atoms with Crippen molar-refractivity contribution in [3.8, 4) is 0 Å². The minimum atomic E-state index is 0. The Morgan fingerprint density at radius 1 is 1.67 bits per heavy atom. The van der Waals surface area contributed by atoms with Crippen molar-refractivity contribution in [3.05, 3.63) is 16.3 Å². The molecule has 0 aliphatic rings. The molecule has 1 rings (SSSR count). The van der Waals surface area contributed by atoms with Crippen molar-refractivity contribution >= 4 is 35.7 Å². The number of thiophene rings is 1. The molecule has 0 aromatic carbocycles. The van der Waals surface area contributed by atoms with Gasteiger partial charge < -0.3 is 5.73 Å². The Kier molecular flexibility index (Phi) is 3.27. The number of hydrogen-bond acceptors (Lipinski definition) is 3. The van der Waals surface area contributed by atoms with Crippen LogP contribution in [0.4, 0.5) is 5.69 Å². The minimum Gasteiger partial charge on any atom is -0.397 e. The molecule has 0 aliphatic heterocycles. The molecule has 0 atom stereocenters. The molecule has 0 saturated carbocycles. The van der Waals surface area contributed by atoms with E-state index in [0.29, 0.717) is 10.6 Å². The van der Waals surface area contributed by atoms with Crippen LogP contribution in [-0.2, 0) is 0 Å². The number of rotatable bonds is 1. The lowest BCUT2D eigenvalue weighted by atomic mass is 10.4. The molecule has 0 unspecified atom stereocenters. The second-order valence-corrected chi connectivity index (χ2v) is 2.31. The van der Waals surface area contributed by atoms with Gasteiger partial charge >= 0.3 is 0 Å². The van der Waals surface area contributed by atoms with Crippen molar-refractivity contribution in [2.45, 2.75) is 0 Å². The second kappa shape index (κ2) is 3.48. The molecular weight excluding hydrogens is 158 g/mol. The summed E-state index contributed by atoms with van der Waals surface area (Å²) in [4.78, 5) is 10.6. The maximum Gasteiger partial charge on any atom is 0.162 e. The van der Waals surface area contributed by atoms with Crippen LogP contribution in [0.1, 0.15) is 9.67 Å². The fraction of sp³-hybridized carbons (Fsp3) is 0. The average Bonchev–Trinajstić information content (AvgIpc) is 2.14. The molecule has 1 aromatic rings. The molecule has 9 heavy (non-hydrogen) atoms. The molecule has 0 spiro atoms. The number of nitrogens with two attached hydrogens (primary N) is 1. The van der Waals surface area contributed by atoms with E-state index in [0.717, 1.165) is 6.29 Å². The summed E-state index contributed by atoms with van der Waals surface area (Å²) >= 11 is 1.36. The van der Waals surface area contributed by atoms with E-state index in [1.807, 2.05) is 0 Å². The highest BCUT2D eigenvalue weighted by atomic mass is 35.5. The second-order valence-electron chi connectivity index (χ2n) is 1.36. The molecule has 0 radical (unpaired) electrons. The molecule has 1 aromatic heterocycles. The topological polar surface area (TPSA) is 43.1 Å². The van der Waals surface area contributed by atoms with Gasteiger partial charge in [-0.25, -0.2) is 0 Å². The van der Waals surface area contributed by atoms with Gasteiger partial charge in [-0.15, -0.1) is 23.7 Å². The Bertz CT molecular complexity index is 199. The predicted octanol–water partition coefficient (Wildman–Crippen LogP) is 1.56. The van der Waals surface area contributed by atoms with E-state index in [1.165, 1.54) is 11.3 Å². The number of anilines is 1. The molecule has 0 fully saturated rings. The van der Waals surface area contributed by atoms with Crippen LogP contribution in [-0.4, -0.2) is 6.29 Å². The maximum absolute atomic E-state index is 10.0. The van der Waals surface area contributed by atoms with E-state index in [2.05, 4.69) is 0 Å². The fourth-order valence-electron chi connectivity index (χ4n) is 0.427. The normalized spacial score (nSPS) is 8.00. The van der Waals surface area contributed by atoms with E-state index >= 15 is 0 Å². The summed E-state index contributed by atoms with van der Waals surface area (Å²) in [5.74, 6) is 0. The zero-order chi connectivity index (χ0) is 5.98. The van der Waals surface area contributed by atoms with Crippen molar-refractivity contribution in [1.82, 2.24) is 0 Å². The smallest absolute Gasteiger partial charge is 0.162 e. The zero-order valence-electron chi connectivity index (χ0n) is 4.53. The molecule has 0 aliphatic carbocycles. The molecule has 0 bridgehead atoms. The lowest BCUT2D eigenvalue weighted by molar-refractivity contribution is 0.112. The molecule has 4 heteroatoms. The molecule has 1 heterocycles. The summed E-state index contributed by atoms with van der Waals surface area (Å²) in [5.41, 5.74) is 5.90. The van der Waals surface area contributed by atoms with Crippen LogP contribution in [0.2, 0.25) is 0 Å². The minimum absolute atomic E-state index is 0. The quantitative estimate of drug-likeness (QED) is 0.639. The number of aldehydes is 1. The Morgan fingerprint density at radius 2 is 2.33 bits per heavy atom. The van der Waals surface area contributed by atoms with Crippen molar-refractivity contribution in [2.75, 3.05) is 5.73 Å². The zero-order valence-corrected chi connectivity index (χ0v) is 6.17. The van der Waals surface area contributed by atoms with Gasteiger partial charge in [0.1, 0.15) is 0 Å². The molecule has 0 saturated heterocycles. The third kappa shape index (κ3) is 1.69. The van der Waals surface area contributed by atoms with Crippen molar-refractivity contribution < 1.29 is 4.79 Å². The average molecular weight is 164 g/mol. The first kappa shape index (κ1) is 8.46. The van der Waals surface area contributed by atoms with E-state index in [9.17, 15) is 4.79 Å². The number of halogens is 1. The van der Waals surface area contributed by atoms with Gasteiger partial charge in [-0.1, -0.05) is 0 Å². The van der Waals surface area contributed by atoms with E-state index in [-0.39, 0.29) is 12.4 Å². The highest BCUT2D eigenvalue weighted by molar-refractivity contribution is 7.12. The number of carbonyl (C=O) groups is 1. The lowest BCUT2D eigenvalue weighted by Crippen LogP contribution is -1.83. The third-order valence-electron chi connectivity index (χ3n) is 0.834. The summed E-state index contributed by atoms with van der Waals surface area (Å²) in [6.07, 6.45) is 0.764. The van der Waals surface area contributed by atoms with Crippen molar-refractivity contribution in [3.63, 3.8) is 0 Å². The Balaban J connectivity index is 0.000000640. The first-order valence-corrected chi connectivity index (χ1v) is 3.00. The monoisotopic (exact) mass is 163 g/mol. The van der Waals surface area contributed by atoms with Crippen molar-refractivity contribution in [1.29, 1.82) is 0 Å². The first-order chi connectivity index (χ1) is 3.84. The Labute approximate surface area is 63.1 Å². The van der Waals surface area contributed by atoms with Crippen LogP contribution >= 0.6 is 23.7 Å². The maximum atomic E-state index is 10.0. The van der Waals surface area contributed by atoms with E-state index in [4.69, 9.17) is 5.73 Å². The SMILES string of the molecule is Cl.Nc1ccsc1C=O. The molecule has 2 nitrogen and oxygen atoms in total. The molecule has 2 N–H and O–H groups in total. The van der Waals surface area contributed by atoms with Gasteiger partial charge in [-0.2, -0.15) is 0 Å². The Morgan fingerprint density at radius 3 is 2.56 bits per heavy atom. The molecule has 50 valence electrons. The molecule has 0 amide bonds. The van der Waals surface area contributed by atoms with Gasteiger partial charge in [0.2, 0.25) is 0 Å². The van der Waals surface area contributed by atoms with Crippen LogP contribution in [0.5, 0.6) is 0 Å². The largest absolute Gasteiger partial charge is 0.397 e. The number of hydrogen-bond donors (Lipinski definition) is 1. The van der Waals surface area contributed by atoms with Gasteiger partial charge in [0, 0.05) is 0 Å².